The highest BCUT2D eigenvalue weighted by Gasteiger charge is 2.12. The largest absolute Gasteiger partial charge is 0.369 e. The highest BCUT2D eigenvalue weighted by molar-refractivity contribution is 6.18. The summed E-state index contributed by atoms with van der Waals surface area (Å²) in [6.45, 7) is 7.72. The van der Waals surface area contributed by atoms with Gasteiger partial charge in [-0.3, -0.25) is 0 Å². The van der Waals surface area contributed by atoms with E-state index in [9.17, 15) is 0 Å². The summed E-state index contributed by atoms with van der Waals surface area (Å²) in [5, 5.41) is 0. The minimum Gasteiger partial charge on any atom is -0.369 e. The Bertz CT molecular complexity index is 424. The van der Waals surface area contributed by atoms with Crippen molar-refractivity contribution in [1.82, 2.24) is 9.80 Å². The molecule has 2 rings (SSSR count). The van der Waals surface area contributed by atoms with Crippen molar-refractivity contribution in [2.75, 3.05) is 69.5 Å². The topological polar surface area (TPSA) is 9.72 Å². The van der Waals surface area contributed by atoms with Gasteiger partial charge in [-0.05, 0) is 44.1 Å². The lowest BCUT2D eigenvalue weighted by Crippen LogP contribution is -2.44. The second kappa shape index (κ2) is 10.4. The number of halogens is 2. The molecule has 23 heavy (non-hydrogen) atoms. The molecule has 1 aromatic carbocycles. The average Bonchev–Trinajstić information content (AvgIpc) is 2.57. The van der Waals surface area contributed by atoms with Crippen LogP contribution < -0.4 is 4.90 Å². The lowest BCUT2D eigenvalue weighted by Gasteiger charge is -2.32. The summed E-state index contributed by atoms with van der Waals surface area (Å²) in [5.41, 5.74) is 2.63. The first-order valence-corrected chi connectivity index (χ1v) is 9.66. The molecule has 0 atom stereocenters. The van der Waals surface area contributed by atoms with Gasteiger partial charge in [-0.2, -0.15) is 0 Å². The molecule has 0 aliphatic carbocycles. The van der Waals surface area contributed by atoms with Crippen LogP contribution in [0, 0.1) is 0 Å². The van der Waals surface area contributed by atoms with E-state index in [0.29, 0.717) is 11.8 Å². The van der Waals surface area contributed by atoms with Crippen molar-refractivity contribution >= 4 is 28.9 Å². The van der Waals surface area contributed by atoms with Crippen molar-refractivity contribution < 1.29 is 0 Å². The molecule has 1 aromatic rings. The molecular formula is C18H29Cl2N3. The zero-order valence-electron chi connectivity index (χ0n) is 14.2. The number of alkyl halides is 2. The minimum atomic E-state index is 0.629. The molecule has 1 fully saturated rings. The Kier molecular flexibility index (Phi) is 8.52. The van der Waals surface area contributed by atoms with Gasteiger partial charge in [-0.1, -0.05) is 12.1 Å². The van der Waals surface area contributed by atoms with Crippen LogP contribution in [0.4, 0.5) is 5.69 Å². The Morgan fingerprint density at radius 1 is 0.957 bits per heavy atom. The molecule has 1 heterocycles. The Labute approximate surface area is 151 Å². The number of rotatable bonds is 9. The van der Waals surface area contributed by atoms with Crippen molar-refractivity contribution in [1.29, 1.82) is 0 Å². The SMILES string of the molecule is CN1CCN(CCCc2ccc(N(CCCl)CCCl)cc2)CC1. The monoisotopic (exact) mass is 357 g/mol. The van der Waals surface area contributed by atoms with E-state index in [1.165, 1.54) is 50.4 Å². The van der Waals surface area contributed by atoms with E-state index in [4.69, 9.17) is 23.2 Å². The van der Waals surface area contributed by atoms with Gasteiger partial charge in [0.1, 0.15) is 0 Å². The van der Waals surface area contributed by atoms with Crippen LogP contribution in [0.15, 0.2) is 24.3 Å². The Morgan fingerprint density at radius 3 is 2.13 bits per heavy atom. The van der Waals surface area contributed by atoms with Gasteiger partial charge in [-0.25, -0.2) is 0 Å². The minimum absolute atomic E-state index is 0.629. The smallest absolute Gasteiger partial charge is 0.0399 e. The van der Waals surface area contributed by atoms with Crippen LogP contribution in [0.3, 0.4) is 0 Å². The van der Waals surface area contributed by atoms with Crippen LogP contribution in [-0.2, 0) is 6.42 Å². The fraction of sp³-hybridized carbons (Fsp3) is 0.667. The molecular weight excluding hydrogens is 329 g/mol. The molecule has 0 radical (unpaired) electrons. The molecule has 5 heteroatoms. The molecule has 0 saturated carbocycles. The van der Waals surface area contributed by atoms with E-state index in [0.717, 1.165) is 19.5 Å². The van der Waals surface area contributed by atoms with E-state index in [2.05, 4.69) is 46.0 Å². The normalized spacial score (nSPS) is 16.7. The number of piperazine rings is 1. The fourth-order valence-electron chi connectivity index (χ4n) is 3.03. The van der Waals surface area contributed by atoms with E-state index >= 15 is 0 Å². The molecule has 1 aliphatic heterocycles. The number of nitrogens with zero attached hydrogens (tertiary/aromatic N) is 3. The molecule has 0 spiro atoms. The average molecular weight is 358 g/mol. The standard InChI is InChI=1S/C18H29Cl2N3/c1-21-13-15-22(16-14-21)10-2-3-17-4-6-18(7-5-17)23(11-8-19)12-9-20/h4-7H,2-3,8-16H2,1H3. The predicted molar refractivity (Wildman–Crippen MR) is 102 cm³/mol. The van der Waals surface area contributed by atoms with Crippen LogP contribution in [0.5, 0.6) is 0 Å². The van der Waals surface area contributed by atoms with E-state index in [1.54, 1.807) is 0 Å². The zero-order valence-corrected chi connectivity index (χ0v) is 15.7. The Morgan fingerprint density at radius 2 is 1.57 bits per heavy atom. The maximum atomic E-state index is 5.87. The summed E-state index contributed by atoms with van der Waals surface area (Å²) >= 11 is 11.7. The third-order valence-electron chi connectivity index (χ3n) is 4.55. The third kappa shape index (κ3) is 6.50. The van der Waals surface area contributed by atoms with Crippen LogP contribution in [0.2, 0.25) is 0 Å². The van der Waals surface area contributed by atoms with Crippen LogP contribution in [0.1, 0.15) is 12.0 Å². The first-order chi connectivity index (χ1) is 11.2. The lowest BCUT2D eigenvalue weighted by atomic mass is 10.1. The summed E-state index contributed by atoms with van der Waals surface area (Å²) in [7, 11) is 2.21. The zero-order chi connectivity index (χ0) is 16.5. The molecule has 1 aliphatic rings. The van der Waals surface area contributed by atoms with Crippen LogP contribution >= 0.6 is 23.2 Å². The third-order valence-corrected chi connectivity index (χ3v) is 4.88. The number of hydrogen-bond donors (Lipinski definition) is 0. The van der Waals surface area contributed by atoms with Gasteiger partial charge in [0.15, 0.2) is 0 Å². The molecule has 0 amide bonds. The highest BCUT2D eigenvalue weighted by Crippen LogP contribution is 2.16. The van der Waals surface area contributed by atoms with Crippen molar-refractivity contribution in [3.05, 3.63) is 29.8 Å². The number of aryl methyl sites for hydroxylation is 1. The van der Waals surface area contributed by atoms with Gasteiger partial charge in [0.05, 0.1) is 0 Å². The fourth-order valence-corrected chi connectivity index (χ4v) is 3.43. The molecule has 3 nitrogen and oxygen atoms in total. The first-order valence-electron chi connectivity index (χ1n) is 8.59. The van der Waals surface area contributed by atoms with E-state index < -0.39 is 0 Å². The van der Waals surface area contributed by atoms with E-state index in [1.807, 2.05) is 0 Å². The number of likely N-dealkylation sites (N-methyl/N-ethyl adjacent to an activating group) is 1. The number of hydrogen-bond acceptors (Lipinski definition) is 3. The molecule has 0 unspecified atom stereocenters. The van der Waals surface area contributed by atoms with Gasteiger partial charge < -0.3 is 14.7 Å². The number of benzene rings is 1. The maximum Gasteiger partial charge on any atom is 0.0399 e. The second-order valence-electron chi connectivity index (χ2n) is 6.28. The van der Waals surface area contributed by atoms with Crippen LogP contribution in [0.25, 0.3) is 0 Å². The van der Waals surface area contributed by atoms with Crippen molar-refractivity contribution in [3.8, 4) is 0 Å². The number of anilines is 1. The molecule has 1 saturated heterocycles. The lowest BCUT2D eigenvalue weighted by molar-refractivity contribution is 0.153. The highest BCUT2D eigenvalue weighted by atomic mass is 35.5. The molecule has 0 bridgehead atoms. The summed E-state index contributed by atoms with van der Waals surface area (Å²) < 4.78 is 0. The molecule has 0 aromatic heterocycles. The maximum absolute atomic E-state index is 5.87. The van der Waals surface area contributed by atoms with Gasteiger partial charge >= 0.3 is 0 Å². The Hall–Kier alpha value is -0.480. The first kappa shape index (κ1) is 18.9. The van der Waals surface area contributed by atoms with Gasteiger partial charge in [0, 0.05) is 56.7 Å². The van der Waals surface area contributed by atoms with Crippen molar-refractivity contribution in [2.45, 2.75) is 12.8 Å². The summed E-state index contributed by atoms with van der Waals surface area (Å²) in [4.78, 5) is 7.23. The van der Waals surface area contributed by atoms with Crippen molar-refractivity contribution in [3.63, 3.8) is 0 Å². The van der Waals surface area contributed by atoms with Gasteiger partial charge in [0.25, 0.3) is 0 Å². The summed E-state index contributed by atoms with van der Waals surface area (Å²) in [6.07, 6.45) is 2.38. The van der Waals surface area contributed by atoms with Crippen molar-refractivity contribution in [2.24, 2.45) is 0 Å². The molecule has 0 N–H and O–H groups in total. The quantitative estimate of drug-likeness (QED) is 0.628. The molecule has 130 valence electrons. The predicted octanol–water partition coefficient (Wildman–Crippen LogP) is 3.15. The van der Waals surface area contributed by atoms with Gasteiger partial charge in [-0.15, -0.1) is 23.2 Å². The van der Waals surface area contributed by atoms with E-state index in [-0.39, 0.29) is 0 Å². The summed E-state index contributed by atoms with van der Waals surface area (Å²) in [6, 6.07) is 8.89. The summed E-state index contributed by atoms with van der Waals surface area (Å²) in [5.74, 6) is 1.26. The van der Waals surface area contributed by atoms with Crippen LogP contribution in [-0.4, -0.2) is 74.4 Å². The van der Waals surface area contributed by atoms with Gasteiger partial charge in [0.2, 0.25) is 0 Å². The second-order valence-corrected chi connectivity index (χ2v) is 7.04. The Balaban J connectivity index is 1.76.